The minimum Gasteiger partial charge on any atom is -0.320 e. The average molecular weight is 253 g/mol. The second kappa shape index (κ2) is 5.14. The highest BCUT2D eigenvalue weighted by atomic mass is 32.1. The van der Waals surface area contributed by atoms with Crippen molar-refractivity contribution in [3.05, 3.63) is 11.1 Å². The first-order valence-corrected chi connectivity index (χ1v) is 7.01. The topological polar surface area (TPSA) is 68.0 Å². The summed E-state index contributed by atoms with van der Waals surface area (Å²) in [6, 6.07) is -0.451. The lowest BCUT2D eigenvalue weighted by Gasteiger charge is -2.16. The minimum absolute atomic E-state index is 0.129. The van der Waals surface area contributed by atoms with E-state index in [1.807, 2.05) is 19.2 Å². The predicted molar refractivity (Wildman–Crippen MR) is 70.1 cm³/mol. The molecular formula is C12H19N3OS. The largest absolute Gasteiger partial charge is 0.320 e. The van der Waals surface area contributed by atoms with E-state index in [0.717, 1.165) is 12.1 Å². The van der Waals surface area contributed by atoms with Crippen LogP contribution in [0.25, 0.3) is 0 Å². The molecule has 2 atom stereocenters. The van der Waals surface area contributed by atoms with E-state index in [9.17, 15) is 4.79 Å². The highest BCUT2D eigenvalue weighted by Crippen LogP contribution is 2.40. The van der Waals surface area contributed by atoms with E-state index in [2.05, 4.69) is 10.3 Å². The molecule has 17 heavy (non-hydrogen) atoms. The van der Waals surface area contributed by atoms with Crippen LogP contribution in [0, 0.1) is 5.92 Å². The number of nitrogens with zero attached hydrogens (tertiary/aromatic N) is 1. The van der Waals surface area contributed by atoms with Gasteiger partial charge in [0.15, 0.2) is 5.13 Å². The Balaban J connectivity index is 1.92. The van der Waals surface area contributed by atoms with Crippen molar-refractivity contribution in [2.75, 3.05) is 5.32 Å². The van der Waals surface area contributed by atoms with Crippen molar-refractivity contribution in [2.45, 2.75) is 45.1 Å². The molecule has 1 saturated carbocycles. The third kappa shape index (κ3) is 3.04. The van der Waals surface area contributed by atoms with Crippen LogP contribution in [-0.4, -0.2) is 16.9 Å². The molecule has 0 bridgehead atoms. The Labute approximate surface area is 106 Å². The lowest BCUT2D eigenvalue weighted by molar-refractivity contribution is -0.118. The van der Waals surface area contributed by atoms with E-state index in [4.69, 9.17) is 5.73 Å². The van der Waals surface area contributed by atoms with Gasteiger partial charge in [-0.3, -0.25) is 4.79 Å². The molecule has 1 aliphatic carbocycles. The summed E-state index contributed by atoms with van der Waals surface area (Å²) in [4.78, 5) is 16.2. The number of carbonyl (C=O) groups excluding carboxylic acids is 1. The molecule has 3 N–H and O–H groups in total. The smallest absolute Gasteiger partial charge is 0.243 e. The van der Waals surface area contributed by atoms with Crippen LogP contribution in [0.2, 0.25) is 0 Å². The number of hydrogen-bond acceptors (Lipinski definition) is 4. The Morgan fingerprint density at radius 2 is 2.41 bits per heavy atom. The van der Waals surface area contributed by atoms with Crippen molar-refractivity contribution in [3.8, 4) is 0 Å². The molecule has 1 amide bonds. The average Bonchev–Trinajstić information content (AvgIpc) is 3.08. The molecule has 0 radical (unpaired) electrons. The maximum atomic E-state index is 11.8. The fourth-order valence-electron chi connectivity index (χ4n) is 1.61. The van der Waals surface area contributed by atoms with Gasteiger partial charge in [0.25, 0.3) is 0 Å². The number of amides is 1. The second-order valence-corrected chi connectivity index (χ2v) is 5.61. The molecule has 1 heterocycles. The summed E-state index contributed by atoms with van der Waals surface area (Å²) in [7, 11) is 0. The first-order valence-electron chi connectivity index (χ1n) is 6.13. The van der Waals surface area contributed by atoms with Gasteiger partial charge in [-0.05, 0) is 18.8 Å². The fourth-order valence-corrected chi connectivity index (χ4v) is 2.41. The van der Waals surface area contributed by atoms with E-state index in [-0.39, 0.29) is 11.8 Å². The summed E-state index contributed by atoms with van der Waals surface area (Å²) in [5, 5.41) is 5.51. The van der Waals surface area contributed by atoms with Crippen molar-refractivity contribution in [1.82, 2.24) is 4.98 Å². The molecule has 0 aliphatic heterocycles. The summed E-state index contributed by atoms with van der Waals surface area (Å²) < 4.78 is 0. The van der Waals surface area contributed by atoms with Crippen LogP contribution in [0.5, 0.6) is 0 Å². The molecule has 1 aromatic heterocycles. The highest BCUT2D eigenvalue weighted by molar-refractivity contribution is 7.13. The maximum absolute atomic E-state index is 11.8. The van der Waals surface area contributed by atoms with Crippen LogP contribution in [0.1, 0.15) is 44.7 Å². The summed E-state index contributed by atoms with van der Waals surface area (Å²) >= 11 is 1.48. The SMILES string of the molecule is CC[C@H](C)[C@H](N)C(=O)Nc1nc(C2CC2)cs1. The number of thiazole rings is 1. The number of hydrogen-bond donors (Lipinski definition) is 2. The van der Waals surface area contributed by atoms with Crippen LogP contribution in [0.3, 0.4) is 0 Å². The van der Waals surface area contributed by atoms with Crippen LogP contribution in [0.15, 0.2) is 5.38 Å². The number of anilines is 1. The van der Waals surface area contributed by atoms with E-state index in [1.165, 1.54) is 24.2 Å². The minimum atomic E-state index is -0.451. The maximum Gasteiger partial charge on any atom is 0.243 e. The van der Waals surface area contributed by atoms with Crippen molar-refractivity contribution >= 4 is 22.4 Å². The molecule has 0 aromatic carbocycles. The molecule has 1 fully saturated rings. The van der Waals surface area contributed by atoms with E-state index < -0.39 is 6.04 Å². The van der Waals surface area contributed by atoms with Gasteiger partial charge in [-0.25, -0.2) is 4.98 Å². The molecular weight excluding hydrogens is 234 g/mol. The highest BCUT2D eigenvalue weighted by Gasteiger charge is 2.27. The number of rotatable bonds is 5. The van der Waals surface area contributed by atoms with Gasteiger partial charge in [0.2, 0.25) is 5.91 Å². The van der Waals surface area contributed by atoms with Crippen LogP contribution < -0.4 is 11.1 Å². The Kier molecular flexibility index (Phi) is 3.79. The number of nitrogens with one attached hydrogen (secondary N) is 1. The Bertz CT molecular complexity index is 400. The van der Waals surface area contributed by atoms with Gasteiger partial charge < -0.3 is 11.1 Å². The number of nitrogens with two attached hydrogens (primary N) is 1. The third-order valence-corrected chi connectivity index (χ3v) is 4.08. The van der Waals surface area contributed by atoms with Gasteiger partial charge in [-0.2, -0.15) is 0 Å². The van der Waals surface area contributed by atoms with E-state index in [0.29, 0.717) is 11.0 Å². The summed E-state index contributed by atoms with van der Waals surface area (Å²) in [6.45, 7) is 4.02. The van der Waals surface area contributed by atoms with Gasteiger partial charge >= 0.3 is 0 Å². The zero-order chi connectivity index (χ0) is 12.4. The quantitative estimate of drug-likeness (QED) is 0.846. The molecule has 4 nitrogen and oxygen atoms in total. The van der Waals surface area contributed by atoms with Gasteiger partial charge in [0.1, 0.15) is 0 Å². The van der Waals surface area contributed by atoms with Gasteiger partial charge in [-0.15, -0.1) is 11.3 Å². The van der Waals surface area contributed by atoms with E-state index >= 15 is 0 Å². The number of aromatic nitrogens is 1. The fraction of sp³-hybridized carbons (Fsp3) is 0.667. The summed E-state index contributed by atoms with van der Waals surface area (Å²) in [6.07, 6.45) is 3.35. The number of carbonyl (C=O) groups is 1. The molecule has 0 unspecified atom stereocenters. The third-order valence-electron chi connectivity index (χ3n) is 3.31. The zero-order valence-electron chi connectivity index (χ0n) is 10.3. The molecule has 1 aromatic rings. The molecule has 0 saturated heterocycles. The Hall–Kier alpha value is -0.940. The van der Waals surface area contributed by atoms with Crippen LogP contribution >= 0.6 is 11.3 Å². The standard InChI is InChI=1S/C12H19N3OS/c1-3-7(2)10(13)11(16)15-12-14-9(6-17-12)8-4-5-8/h6-8,10H,3-5,13H2,1-2H3,(H,14,15,16)/t7-,10-/m0/s1. The van der Waals surface area contributed by atoms with Crippen molar-refractivity contribution in [2.24, 2.45) is 11.7 Å². The lowest BCUT2D eigenvalue weighted by atomic mass is 10.00. The molecule has 5 heteroatoms. The summed E-state index contributed by atoms with van der Waals surface area (Å²) in [5.74, 6) is 0.689. The molecule has 2 rings (SSSR count). The normalized spacial score (nSPS) is 18.8. The molecule has 94 valence electrons. The first kappa shape index (κ1) is 12.5. The first-order chi connectivity index (χ1) is 8.11. The van der Waals surface area contributed by atoms with Gasteiger partial charge in [0.05, 0.1) is 11.7 Å². The lowest BCUT2D eigenvalue weighted by Crippen LogP contribution is -2.40. The molecule has 0 spiro atoms. The summed E-state index contributed by atoms with van der Waals surface area (Å²) in [5.41, 5.74) is 6.98. The molecule has 1 aliphatic rings. The van der Waals surface area contributed by atoms with Crippen LogP contribution in [0.4, 0.5) is 5.13 Å². The second-order valence-electron chi connectivity index (χ2n) is 4.75. The van der Waals surface area contributed by atoms with Crippen molar-refractivity contribution in [3.63, 3.8) is 0 Å². The van der Waals surface area contributed by atoms with Crippen molar-refractivity contribution < 1.29 is 4.79 Å². The van der Waals surface area contributed by atoms with Crippen molar-refractivity contribution in [1.29, 1.82) is 0 Å². The predicted octanol–water partition coefficient (Wildman–Crippen LogP) is 2.33. The Morgan fingerprint density at radius 1 is 1.71 bits per heavy atom. The van der Waals surface area contributed by atoms with Gasteiger partial charge in [0, 0.05) is 11.3 Å². The van der Waals surface area contributed by atoms with Crippen LogP contribution in [-0.2, 0) is 4.79 Å². The van der Waals surface area contributed by atoms with Gasteiger partial charge in [-0.1, -0.05) is 20.3 Å². The van der Waals surface area contributed by atoms with E-state index in [1.54, 1.807) is 0 Å². The Morgan fingerprint density at radius 3 is 3.00 bits per heavy atom. The zero-order valence-corrected chi connectivity index (χ0v) is 11.1. The monoisotopic (exact) mass is 253 g/mol.